The van der Waals surface area contributed by atoms with Gasteiger partial charge in [0.15, 0.2) is 0 Å². The van der Waals surface area contributed by atoms with Crippen molar-refractivity contribution in [1.82, 2.24) is 9.88 Å². The van der Waals surface area contributed by atoms with Crippen LogP contribution in [0.5, 0.6) is 0 Å². The van der Waals surface area contributed by atoms with Crippen molar-refractivity contribution in [3.63, 3.8) is 0 Å². The Hall–Kier alpha value is -1.09. The number of pyridine rings is 1. The van der Waals surface area contributed by atoms with E-state index in [9.17, 15) is 0 Å². The molecule has 0 radical (unpaired) electrons. The first-order valence-electron chi connectivity index (χ1n) is 6.57. The van der Waals surface area contributed by atoms with Crippen LogP contribution < -0.4 is 5.32 Å². The number of hydrogen-bond donors (Lipinski definition) is 1. The van der Waals surface area contributed by atoms with Gasteiger partial charge >= 0.3 is 0 Å². The maximum Gasteiger partial charge on any atom is 0.130 e. The van der Waals surface area contributed by atoms with Crippen molar-refractivity contribution in [3.05, 3.63) is 23.9 Å². The minimum Gasteiger partial charge on any atom is -0.370 e. The van der Waals surface area contributed by atoms with Gasteiger partial charge in [0.25, 0.3) is 0 Å². The molecule has 3 heteroatoms. The third-order valence-corrected chi connectivity index (χ3v) is 3.20. The van der Waals surface area contributed by atoms with E-state index in [0.717, 1.165) is 25.3 Å². The fourth-order valence-corrected chi connectivity index (χ4v) is 1.70. The van der Waals surface area contributed by atoms with E-state index in [-0.39, 0.29) is 0 Å². The molecule has 1 unspecified atom stereocenters. The average molecular weight is 235 g/mol. The summed E-state index contributed by atoms with van der Waals surface area (Å²) >= 11 is 0. The van der Waals surface area contributed by atoms with Gasteiger partial charge in [0.05, 0.1) is 0 Å². The topological polar surface area (TPSA) is 28.2 Å². The van der Waals surface area contributed by atoms with E-state index in [1.807, 2.05) is 12.3 Å². The second-order valence-corrected chi connectivity index (χ2v) is 4.61. The molecule has 1 heterocycles. The van der Waals surface area contributed by atoms with Crippen LogP contribution in [0.3, 0.4) is 0 Å². The van der Waals surface area contributed by atoms with Crippen molar-refractivity contribution in [2.24, 2.45) is 0 Å². The number of nitrogens with zero attached hydrogens (tertiary/aromatic N) is 2. The lowest BCUT2D eigenvalue weighted by Gasteiger charge is -2.24. The van der Waals surface area contributed by atoms with Crippen LogP contribution in [-0.2, 0) is 6.54 Å². The SMILES string of the molecule is CCCNc1ncccc1CN(C)C(C)CC. The molecule has 1 aromatic heterocycles. The van der Waals surface area contributed by atoms with Crippen LogP contribution in [0.1, 0.15) is 39.2 Å². The highest BCUT2D eigenvalue weighted by Gasteiger charge is 2.10. The molecule has 3 nitrogen and oxygen atoms in total. The molecule has 96 valence electrons. The van der Waals surface area contributed by atoms with Crippen molar-refractivity contribution >= 4 is 5.82 Å². The van der Waals surface area contributed by atoms with Crippen LogP contribution >= 0.6 is 0 Å². The van der Waals surface area contributed by atoms with Gasteiger partial charge < -0.3 is 5.32 Å². The largest absolute Gasteiger partial charge is 0.370 e. The van der Waals surface area contributed by atoms with Gasteiger partial charge in [-0.25, -0.2) is 4.98 Å². The minimum absolute atomic E-state index is 0.606. The summed E-state index contributed by atoms with van der Waals surface area (Å²) in [5, 5.41) is 3.39. The molecule has 17 heavy (non-hydrogen) atoms. The van der Waals surface area contributed by atoms with Crippen molar-refractivity contribution in [3.8, 4) is 0 Å². The third-order valence-electron chi connectivity index (χ3n) is 3.20. The van der Waals surface area contributed by atoms with Gasteiger partial charge in [0.1, 0.15) is 5.82 Å². The molecule has 0 fully saturated rings. The lowest BCUT2D eigenvalue weighted by Crippen LogP contribution is -2.28. The number of anilines is 1. The maximum absolute atomic E-state index is 4.42. The van der Waals surface area contributed by atoms with E-state index in [2.05, 4.69) is 49.1 Å². The van der Waals surface area contributed by atoms with E-state index < -0.39 is 0 Å². The summed E-state index contributed by atoms with van der Waals surface area (Å²) in [6.45, 7) is 8.59. The molecule has 0 saturated heterocycles. The summed E-state index contributed by atoms with van der Waals surface area (Å²) in [6.07, 6.45) is 4.15. The molecule has 0 aliphatic rings. The summed E-state index contributed by atoms with van der Waals surface area (Å²) in [4.78, 5) is 6.79. The van der Waals surface area contributed by atoms with Crippen LogP contribution in [0.15, 0.2) is 18.3 Å². The Bertz CT molecular complexity index is 325. The van der Waals surface area contributed by atoms with Gasteiger partial charge in [-0.1, -0.05) is 19.9 Å². The summed E-state index contributed by atoms with van der Waals surface area (Å²) in [6, 6.07) is 4.77. The van der Waals surface area contributed by atoms with Crippen molar-refractivity contribution in [2.75, 3.05) is 18.9 Å². The normalized spacial score (nSPS) is 12.8. The Balaban J connectivity index is 2.68. The average Bonchev–Trinajstić information content (AvgIpc) is 2.36. The van der Waals surface area contributed by atoms with Gasteiger partial charge in [-0.15, -0.1) is 0 Å². The number of rotatable bonds is 7. The molecular formula is C14H25N3. The number of hydrogen-bond acceptors (Lipinski definition) is 3. The van der Waals surface area contributed by atoms with Crippen LogP contribution in [0.4, 0.5) is 5.82 Å². The van der Waals surface area contributed by atoms with Crippen LogP contribution in [0.25, 0.3) is 0 Å². The predicted octanol–water partition coefficient (Wildman–Crippen LogP) is 3.13. The Morgan fingerprint density at radius 2 is 2.18 bits per heavy atom. The van der Waals surface area contributed by atoms with E-state index >= 15 is 0 Å². The molecule has 1 aromatic rings. The summed E-state index contributed by atoms with van der Waals surface area (Å²) in [5.74, 6) is 1.03. The molecule has 0 spiro atoms. The Kier molecular flexibility index (Phi) is 5.98. The van der Waals surface area contributed by atoms with E-state index in [1.165, 1.54) is 12.0 Å². The number of aromatic nitrogens is 1. The second kappa shape index (κ2) is 7.28. The molecule has 1 atom stereocenters. The third kappa shape index (κ3) is 4.35. The maximum atomic E-state index is 4.42. The summed E-state index contributed by atoms with van der Waals surface area (Å²) < 4.78 is 0. The fraction of sp³-hybridized carbons (Fsp3) is 0.643. The molecule has 0 aliphatic carbocycles. The zero-order chi connectivity index (χ0) is 12.7. The first kappa shape index (κ1) is 14.0. The molecule has 0 aliphatic heterocycles. The standard InChI is InChI=1S/C14H25N3/c1-5-9-15-14-13(8-7-10-16-14)11-17(4)12(3)6-2/h7-8,10,12H,5-6,9,11H2,1-4H3,(H,15,16). The van der Waals surface area contributed by atoms with E-state index in [4.69, 9.17) is 0 Å². The smallest absolute Gasteiger partial charge is 0.130 e. The van der Waals surface area contributed by atoms with Gasteiger partial charge in [-0.2, -0.15) is 0 Å². The summed E-state index contributed by atoms with van der Waals surface area (Å²) in [7, 11) is 2.17. The van der Waals surface area contributed by atoms with Crippen LogP contribution in [-0.4, -0.2) is 29.5 Å². The summed E-state index contributed by atoms with van der Waals surface area (Å²) in [5.41, 5.74) is 1.28. The Morgan fingerprint density at radius 3 is 2.82 bits per heavy atom. The number of nitrogens with one attached hydrogen (secondary N) is 1. The molecule has 0 saturated carbocycles. The highest BCUT2D eigenvalue weighted by Crippen LogP contribution is 2.15. The monoisotopic (exact) mass is 235 g/mol. The van der Waals surface area contributed by atoms with Gasteiger partial charge in [-0.05, 0) is 32.9 Å². The molecular weight excluding hydrogens is 210 g/mol. The van der Waals surface area contributed by atoms with Crippen molar-refractivity contribution < 1.29 is 0 Å². The molecule has 1 rings (SSSR count). The zero-order valence-electron chi connectivity index (χ0n) is 11.5. The van der Waals surface area contributed by atoms with Crippen molar-refractivity contribution in [1.29, 1.82) is 0 Å². The first-order chi connectivity index (χ1) is 8.19. The lowest BCUT2D eigenvalue weighted by molar-refractivity contribution is 0.244. The minimum atomic E-state index is 0.606. The predicted molar refractivity (Wildman–Crippen MR) is 74.2 cm³/mol. The van der Waals surface area contributed by atoms with Gasteiger partial charge in [-0.3, -0.25) is 4.90 Å². The Morgan fingerprint density at radius 1 is 1.41 bits per heavy atom. The van der Waals surface area contributed by atoms with Gasteiger partial charge in [0, 0.05) is 30.9 Å². The second-order valence-electron chi connectivity index (χ2n) is 4.61. The molecule has 0 aromatic carbocycles. The molecule has 0 bridgehead atoms. The zero-order valence-corrected chi connectivity index (χ0v) is 11.5. The quantitative estimate of drug-likeness (QED) is 0.787. The van der Waals surface area contributed by atoms with E-state index in [0.29, 0.717) is 6.04 Å². The van der Waals surface area contributed by atoms with Crippen LogP contribution in [0.2, 0.25) is 0 Å². The Labute approximate surface area is 105 Å². The van der Waals surface area contributed by atoms with Crippen molar-refractivity contribution in [2.45, 2.75) is 46.2 Å². The van der Waals surface area contributed by atoms with E-state index in [1.54, 1.807) is 0 Å². The molecule has 0 amide bonds. The molecule has 1 N–H and O–H groups in total. The fourth-order valence-electron chi connectivity index (χ4n) is 1.70. The lowest BCUT2D eigenvalue weighted by atomic mass is 10.2. The highest BCUT2D eigenvalue weighted by atomic mass is 15.1. The first-order valence-corrected chi connectivity index (χ1v) is 6.57. The van der Waals surface area contributed by atoms with Crippen LogP contribution in [0, 0.1) is 0 Å². The van der Waals surface area contributed by atoms with Gasteiger partial charge in [0.2, 0.25) is 0 Å². The highest BCUT2D eigenvalue weighted by molar-refractivity contribution is 5.43.